The molecule has 2 amide bonds. The van der Waals surface area contributed by atoms with Crippen molar-refractivity contribution < 1.29 is 27.5 Å². The van der Waals surface area contributed by atoms with Gasteiger partial charge in [0.1, 0.15) is 0 Å². The zero-order chi connectivity index (χ0) is 23.3. The number of rotatable bonds is 9. The van der Waals surface area contributed by atoms with Gasteiger partial charge >= 0.3 is 0 Å². The number of aromatic nitrogens is 1. The average molecular weight is 486 g/mol. The van der Waals surface area contributed by atoms with Crippen LogP contribution < -0.4 is 5.32 Å². The zero-order valence-corrected chi connectivity index (χ0v) is 18.4. The Morgan fingerprint density at radius 3 is 2.81 bits per heavy atom. The van der Waals surface area contributed by atoms with E-state index in [1.807, 2.05) is 12.1 Å². The van der Waals surface area contributed by atoms with Gasteiger partial charge in [0.2, 0.25) is 6.41 Å². The van der Waals surface area contributed by atoms with Gasteiger partial charge in [0.25, 0.3) is 12.3 Å². The number of alkyl halides is 2. The first-order valence-electron chi connectivity index (χ1n) is 9.47. The van der Waals surface area contributed by atoms with E-state index < -0.39 is 24.7 Å². The first kappa shape index (κ1) is 24.0. The monoisotopic (exact) mass is 485 g/mol. The minimum atomic E-state index is -2.79. The van der Waals surface area contributed by atoms with Crippen molar-refractivity contribution in [2.24, 2.45) is 0 Å². The molecule has 2 aromatic heterocycles. The SMILES string of the molecule is C/C(F)=C\C(=C/N(C=O)CC(F)F)NC(=O)c1cc(C2CC(c3cccnc3)O2)c(Cl)s1. The van der Waals surface area contributed by atoms with E-state index in [4.69, 9.17) is 16.3 Å². The minimum absolute atomic E-state index is 0.113. The number of thiophene rings is 1. The van der Waals surface area contributed by atoms with Crippen molar-refractivity contribution in [3.8, 4) is 0 Å². The molecule has 1 fully saturated rings. The Hall–Kier alpha value is -2.69. The van der Waals surface area contributed by atoms with Gasteiger partial charge in [-0.15, -0.1) is 11.3 Å². The van der Waals surface area contributed by atoms with Crippen LogP contribution in [0, 0.1) is 0 Å². The molecule has 0 aromatic carbocycles. The van der Waals surface area contributed by atoms with Crippen LogP contribution >= 0.6 is 22.9 Å². The Balaban J connectivity index is 1.70. The summed E-state index contributed by atoms with van der Waals surface area (Å²) in [5.74, 6) is -1.31. The quantitative estimate of drug-likeness (QED) is 0.393. The maximum absolute atomic E-state index is 13.4. The number of nitrogens with one attached hydrogen (secondary N) is 1. The second kappa shape index (κ2) is 10.8. The Morgan fingerprint density at radius 1 is 1.47 bits per heavy atom. The Kier molecular flexibility index (Phi) is 8.05. The summed E-state index contributed by atoms with van der Waals surface area (Å²) in [6.45, 7) is 0.221. The van der Waals surface area contributed by atoms with E-state index in [0.717, 1.165) is 36.1 Å². The molecule has 0 bridgehead atoms. The molecule has 1 aliphatic heterocycles. The molecular formula is C21H19ClF3N3O3S. The van der Waals surface area contributed by atoms with Gasteiger partial charge in [-0.2, -0.15) is 0 Å². The number of amides is 2. The molecule has 2 unspecified atom stereocenters. The molecule has 2 atom stereocenters. The maximum Gasteiger partial charge on any atom is 0.265 e. The van der Waals surface area contributed by atoms with Gasteiger partial charge < -0.3 is 15.0 Å². The van der Waals surface area contributed by atoms with Crippen LogP contribution in [-0.4, -0.2) is 35.2 Å². The largest absolute Gasteiger partial charge is 0.365 e. The smallest absolute Gasteiger partial charge is 0.265 e. The molecule has 0 spiro atoms. The molecule has 6 nitrogen and oxygen atoms in total. The third-order valence-corrected chi connectivity index (χ3v) is 5.89. The normalized spacial score (nSPS) is 18.9. The van der Waals surface area contributed by atoms with Gasteiger partial charge in [0, 0.05) is 30.6 Å². The fraction of sp³-hybridized carbons (Fsp3) is 0.286. The molecular weight excluding hydrogens is 467 g/mol. The van der Waals surface area contributed by atoms with Crippen LogP contribution in [-0.2, 0) is 9.53 Å². The van der Waals surface area contributed by atoms with Crippen molar-refractivity contribution in [2.75, 3.05) is 6.54 Å². The van der Waals surface area contributed by atoms with E-state index in [1.54, 1.807) is 18.5 Å². The van der Waals surface area contributed by atoms with E-state index in [2.05, 4.69) is 10.3 Å². The van der Waals surface area contributed by atoms with E-state index in [1.165, 1.54) is 0 Å². The second-order valence-electron chi connectivity index (χ2n) is 6.94. The van der Waals surface area contributed by atoms with Crippen LogP contribution in [0.2, 0.25) is 4.34 Å². The van der Waals surface area contributed by atoms with Crippen molar-refractivity contribution in [3.63, 3.8) is 0 Å². The molecule has 1 aliphatic rings. The molecule has 0 radical (unpaired) electrons. The maximum atomic E-state index is 13.4. The molecule has 0 aliphatic carbocycles. The molecule has 1 N–H and O–H groups in total. The lowest BCUT2D eigenvalue weighted by atomic mass is 9.95. The number of hydrogen-bond acceptors (Lipinski definition) is 5. The van der Waals surface area contributed by atoms with E-state index >= 15 is 0 Å². The number of allylic oxidation sites excluding steroid dienone is 2. The third kappa shape index (κ3) is 6.18. The predicted molar refractivity (Wildman–Crippen MR) is 114 cm³/mol. The summed E-state index contributed by atoms with van der Waals surface area (Å²) < 4.78 is 44.8. The molecule has 170 valence electrons. The Labute approximate surface area is 191 Å². The van der Waals surface area contributed by atoms with Crippen molar-refractivity contribution in [3.05, 3.63) is 74.7 Å². The van der Waals surface area contributed by atoms with Gasteiger partial charge in [-0.25, -0.2) is 13.2 Å². The first-order valence-corrected chi connectivity index (χ1v) is 10.7. The van der Waals surface area contributed by atoms with Crippen LogP contribution in [0.15, 0.2) is 54.4 Å². The summed E-state index contributed by atoms with van der Waals surface area (Å²) in [5.41, 5.74) is 1.43. The van der Waals surface area contributed by atoms with Crippen molar-refractivity contribution in [1.29, 1.82) is 0 Å². The fourth-order valence-electron chi connectivity index (χ4n) is 3.05. The first-order chi connectivity index (χ1) is 15.3. The lowest BCUT2D eigenvalue weighted by Gasteiger charge is -2.36. The molecule has 1 saturated heterocycles. The van der Waals surface area contributed by atoms with Gasteiger partial charge in [0.15, 0.2) is 0 Å². The highest BCUT2D eigenvalue weighted by molar-refractivity contribution is 7.18. The summed E-state index contributed by atoms with van der Waals surface area (Å²) in [6, 6.07) is 5.30. The number of carbonyl (C=O) groups is 2. The van der Waals surface area contributed by atoms with Crippen LogP contribution in [0.1, 0.15) is 46.4 Å². The molecule has 11 heteroatoms. The number of pyridine rings is 1. The van der Waals surface area contributed by atoms with Gasteiger partial charge in [-0.1, -0.05) is 17.7 Å². The number of hydrogen-bond donors (Lipinski definition) is 1. The number of halogens is 4. The van der Waals surface area contributed by atoms with Crippen LogP contribution in [0.5, 0.6) is 0 Å². The van der Waals surface area contributed by atoms with Crippen LogP contribution in [0.4, 0.5) is 13.2 Å². The highest BCUT2D eigenvalue weighted by Crippen LogP contribution is 2.48. The molecule has 0 saturated carbocycles. The van der Waals surface area contributed by atoms with E-state index in [-0.39, 0.29) is 29.2 Å². The Morgan fingerprint density at radius 2 is 2.22 bits per heavy atom. The third-order valence-electron chi connectivity index (χ3n) is 4.50. The summed E-state index contributed by atoms with van der Waals surface area (Å²) >= 11 is 7.31. The van der Waals surface area contributed by atoms with Crippen molar-refractivity contribution in [2.45, 2.75) is 32.0 Å². The number of nitrogens with zero attached hydrogens (tertiary/aromatic N) is 2. The summed E-state index contributed by atoms with van der Waals surface area (Å²) in [7, 11) is 0. The summed E-state index contributed by atoms with van der Waals surface area (Å²) in [4.78, 5) is 28.6. The highest BCUT2D eigenvalue weighted by atomic mass is 35.5. The standard InChI is InChI=1S/C21H19ClF3N3O3S/c1-12(23)5-14(9-28(11-29)10-19(24)25)27-21(30)18-6-15(20(22)32-18)17-7-16(31-17)13-3-2-4-26-8-13/h2-6,8-9,11,16-17,19H,7,10H2,1H3,(H,27,30)/b12-5+,14-9+. The van der Waals surface area contributed by atoms with Gasteiger partial charge in [-0.3, -0.25) is 14.6 Å². The van der Waals surface area contributed by atoms with Crippen molar-refractivity contribution >= 4 is 35.3 Å². The lowest BCUT2D eigenvalue weighted by molar-refractivity contribution is -0.130. The zero-order valence-electron chi connectivity index (χ0n) is 16.8. The fourth-order valence-corrected chi connectivity index (χ4v) is 4.31. The van der Waals surface area contributed by atoms with Crippen molar-refractivity contribution in [1.82, 2.24) is 15.2 Å². The summed E-state index contributed by atoms with van der Waals surface area (Å²) in [6.07, 6.45) is 2.88. The molecule has 3 heterocycles. The predicted octanol–water partition coefficient (Wildman–Crippen LogP) is 5.17. The van der Waals surface area contributed by atoms with Gasteiger partial charge in [0.05, 0.1) is 39.5 Å². The topological polar surface area (TPSA) is 71.5 Å². The van der Waals surface area contributed by atoms with Crippen LogP contribution in [0.3, 0.4) is 0 Å². The van der Waals surface area contributed by atoms with Gasteiger partial charge in [-0.05, 0) is 30.7 Å². The Bertz CT molecular complexity index is 1020. The van der Waals surface area contributed by atoms with E-state index in [0.29, 0.717) is 21.2 Å². The molecule has 2 aromatic rings. The summed E-state index contributed by atoms with van der Waals surface area (Å²) in [5, 5.41) is 2.42. The average Bonchev–Trinajstić information content (AvgIpc) is 3.08. The van der Waals surface area contributed by atoms with E-state index in [9.17, 15) is 22.8 Å². The van der Waals surface area contributed by atoms with Crippen LogP contribution in [0.25, 0.3) is 0 Å². The number of carbonyl (C=O) groups excluding carboxylic acids is 2. The highest BCUT2D eigenvalue weighted by Gasteiger charge is 2.35. The molecule has 32 heavy (non-hydrogen) atoms. The molecule has 3 rings (SSSR count). The second-order valence-corrected chi connectivity index (χ2v) is 8.59. The minimum Gasteiger partial charge on any atom is -0.365 e. The number of ether oxygens (including phenoxy) is 1. The lowest BCUT2D eigenvalue weighted by Crippen LogP contribution is -2.27.